The fraction of sp³-hybridized carbons (Fsp3) is 0.308. The van der Waals surface area contributed by atoms with Gasteiger partial charge in [-0.05, 0) is 18.6 Å². The van der Waals surface area contributed by atoms with Gasteiger partial charge in [-0.1, -0.05) is 0 Å². The highest BCUT2D eigenvalue weighted by Gasteiger charge is 2.32. The molecule has 218 valence electrons. The Morgan fingerprint density at radius 2 is 2.02 bits per heavy atom. The number of urea groups is 1. The number of pyridine rings is 3. The van der Waals surface area contributed by atoms with E-state index in [1.54, 1.807) is 12.0 Å². The lowest BCUT2D eigenvalue weighted by atomic mass is 10.2. The topological polar surface area (TPSA) is 152 Å². The van der Waals surface area contributed by atoms with Gasteiger partial charge < -0.3 is 28.8 Å². The van der Waals surface area contributed by atoms with E-state index in [1.165, 1.54) is 43.2 Å². The summed E-state index contributed by atoms with van der Waals surface area (Å²) >= 11 is 0. The summed E-state index contributed by atoms with van der Waals surface area (Å²) < 4.78 is 53.3. The SMILES string of the molecule is COC1CCN(C(=O)Nc2cc(Oc3cnc4nc(Nc5cc(C(F)(F)F)cn(C)c5=O)n(C)c4c3C#N)ccn2)C1. The zero-order valence-electron chi connectivity index (χ0n) is 22.6. The molecule has 42 heavy (non-hydrogen) atoms. The van der Waals surface area contributed by atoms with Gasteiger partial charge in [-0.3, -0.25) is 10.1 Å². The average Bonchev–Trinajstić information content (AvgIpc) is 3.56. The zero-order chi connectivity index (χ0) is 30.2. The molecule has 0 aliphatic carbocycles. The number of nitriles is 1. The van der Waals surface area contributed by atoms with Crippen LogP contribution in [-0.2, 0) is 25.0 Å². The first-order valence-corrected chi connectivity index (χ1v) is 12.5. The van der Waals surface area contributed by atoms with Gasteiger partial charge in [-0.15, -0.1) is 0 Å². The second-order valence-electron chi connectivity index (χ2n) is 9.46. The number of fused-ring (bicyclic) bond motifs is 1. The lowest BCUT2D eigenvalue weighted by Gasteiger charge is -2.17. The molecule has 5 heterocycles. The van der Waals surface area contributed by atoms with Gasteiger partial charge in [0.05, 0.1) is 17.9 Å². The molecule has 13 nitrogen and oxygen atoms in total. The first-order valence-electron chi connectivity index (χ1n) is 12.5. The largest absolute Gasteiger partial charge is 0.454 e. The van der Waals surface area contributed by atoms with Gasteiger partial charge in [0, 0.05) is 52.8 Å². The number of aromatic nitrogens is 5. The molecule has 4 aromatic rings. The fourth-order valence-electron chi connectivity index (χ4n) is 4.49. The predicted molar refractivity (Wildman–Crippen MR) is 144 cm³/mol. The van der Waals surface area contributed by atoms with Gasteiger partial charge in [0.1, 0.15) is 34.4 Å². The maximum absolute atomic E-state index is 13.3. The van der Waals surface area contributed by atoms with Crippen molar-refractivity contribution in [2.24, 2.45) is 14.1 Å². The first kappa shape index (κ1) is 28.4. The number of hydrogen-bond acceptors (Lipinski definition) is 9. The van der Waals surface area contributed by atoms with Crippen molar-refractivity contribution in [1.82, 2.24) is 29.0 Å². The van der Waals surface area contributed by atoms with Crippen LogP contribution in [0.2, 0.25) is 0 Å². The Morgan fingerprint density at radius 3 is 2.71 bits per heavy atom. The summed E-state index contributed by atoms with van der Waals surface area (Å²) in [6.45, 7) is 1.00. The molecule has 1 aliphatic heterocycles. The van der Waals surface area contributed by atoms with Crippen LogP contribution in [0.5, 0.6) is 11.5 Å². The number of carbonyl (C=O) groups is 1. The lowest BCUT2D eigenvalue weighted by Crippen LogP contribution is -2.34. The van der Waals surface area contributed by atoms with Crippen LogP contribution < -0.4 is 20.9 Å². The minimum Gasteiger partial charge on any atom is -0.454 e. The Kier molecular flexibility index (Phi) is 7.44. The minimum atomic E-state index is -4.67. The van der Waals surface area contributed by atoms with Crippen molar-refractivity contribution in [2.75, 3.05) is 30.8 Å². The van der Waals surface area contributed by atoms with Crippen LogP contribution in [0, 0.1) is 11.3 Å². The Morgan fingerprint density at radius 1 is 1.24 bits per heavy atom. The van der Waals surface area contributed by atoms with E-state index >= 15 is 0 Å². The van der Waals surface area contributed by atoms with E-state index in [2.05, 4.69) is 25.6 Å². The maximum Gasteiger partial charge on any atom is 0.417 e. The Labute approximate surface area is 236 Å². The molecular weight excluding hydrogens is 559 g/mol. The van der Waals surface area contributed by atoms with Crippen molar-refractivity contribution in [2.45, 2.75) is 18.7 Å². The summed E-state index contributed by atoms with van der Waals surface area (Å²) in [6, 6.07) is 5.40. The van der Waals surface area contributed by atoms with Crippen LogP contribution in [0.3, 0.4) is 0 Å². The zero-order valence-corrected chi connectivity index (χ0v) is 22.6. The third-order valence-electron chi connectivity index (χ3n) is 6.69. The van der Waals surface area contributed by atoms with Crippen molar-refractivity contribution in [1.29, 1.82) is 5.26 Å². The van der Waals surface area contributed by atoms with E-state index in [1.807, 2.05) is 6.07 Å². The monoisotopic (exact) mass is 583 g/mol. The summed E-state index contributed by atoms with van der Waals surface area (Å²) in [5.41, 5.74) is -1.76. The number of nitrogens with zero attached hydrogens (tertiary/aromatic N) is 7. The van der Waals surface area contributed by atoms with Gasteiger partial charge in [0.2, 0.25) is 5.95 Å². The van der Waals surface area contributed by atoms with Crippen LogP contribution in [0.1, 0.15) is 17.5 Å². The molecular formula is C26H24F3N9O4. The number of halogens is 3. The number of aryl methyl sites for hydroxylation is 2. The Hall–Kier alpha value is -5.17. The molecule has 0 aromatic carbocycles. The number of likely N-dealkylation sites (tertiary alicyclic amines) is 1. The number of imidazole rings is 1. The van der Waals surface area contributed by atoms with Crippen molar-refractivity contribution < 1.29 is 27.4 Å². The van der Waals surface area contributed by atoms with Gasteiger partial charge in [0.15, 0.2) is 11.4 Å². The highest BCUT2D eigenvalue weighted by Crippen LogP contribution is 2.33. The van der Waals surface area contributed by atoms with Crippen LogP contribution in [0.4, 0.5) is 35.4 Å². The molecule has 0 bridgehead atoms. The quantitative estimate of drug-likeness (QED) is 0.346. The number of anilines is 3. The number of hydrogen-bond donors (Lipinski definition) is 2. The number of methoxy groups -OCH3 is 1. The van der Waals surface area contributed by atoms with Crippen molar-refractivity contribution >= 4 is 34.6 Å². The summed E-state index contributed by atoms with van der Waals surface area (Å²) in [5, 5.41) is 15.3. The second kappa shape index (κ2) is 11.0. The van der Waals surface area contributed by atoms with Gasteiger partial charge in [-0.2, -0.15) is 23.4 Å². The van der Waals surface area contributed by atoms with Crippen molar-refractivity contribution in [3.05, 3.63) is 58.3 Å². The highest BCUT2D eigenvalue weighted by molar-refractivity contribution is 5.89. The molecule has 1 saturated heterocycles. The highest BCUT2D eigenvalue weighted by atomic mass is 19.4. The molecule has 4 aromatic heterocycles. The lowest BCUT2D eigenvalue weighted by molar-refractivity contribution is -0.138. The van der Waals surface area contributed by atoms with Crippen LogP contribution >= 0.6 is 0 Å². The molecule has 1 unspecified atom stereocenters. The summed E-state index contributed by atoms with van der Waals surface area (Å²) in [6.07, 6.45) is -0.577. The second-order valence-corrected chi connectivity index (χ2v) is 9.46. The smallest absolute Gasteiger partial charge is 0.417 e. The number of nitrogens with one attached hydrogen (secondary N) is 2. The van der Waals surface area contributed by atoms with Gasteiger partial charge in [0.25, 0.3) is 5.56 Å². The predicted octanol–water partition coefficient (Wildman–Crippen LogP) is 3.74. The molecule has 0 spiro atoms. The molecule has 0 saturated carbocycles. The molecule has 0 radical (unpaired) electrons. The average molecular weight is 584 g/mol. The fourth-order valence-corrected chi connectivity index (χ4v) is 4.49. The summed E-state index contributed by atoms with van der Waals surface area (Å²) in [5.74, 6) is 0.511. The van der Waals surface area contributed by atoms with E-state index in [4.69, 9.17) is 9.47 Å². The molecule has 2 N–H and O–H groups in total. The molecule has 1 fully saturated rings. The van der Waals surface area contributed by atoms with Gasteiger partial charge in [-0.25, -0.2) is 14.8 Å². The Bertz CT molecular complexity index is 1780. The third kappa shape index (κ3) is 5.54. The normalized spacial score (nSPS) is 15.1. The van der Waals surface area contributed by atoms with E-state index < -0.39 is 17.3 Å². The first-order chi connectivity index (χ1) is 20.0. The third-order valence-corrected chi connectivity index (χ3v) is 6.69. The van der Waals surface area contributed by atoms with Crippen LogP contribution in [-0.4, -0.2) is 61.3 Å². The number of carbonyl (C=O) groups excluding carboxylic acids is 1. The molecule has 1 atom stereocenters. The van der Waals surface area contributed by atoms with E-state index in [-0.39, 0.29) is 57.8 Å². The maximum atomic E-state index is 13.3. The summed E-state index contributed by atoms with van der Waals surface area (Å²) in [7, 11) is 4.31. The molecule has 2 amide bonds. The molecule has 5 rings (SSSR count). The standard InChI is InChI=1S/C26H24F3N9O4/c1-36-12-14(26(27,28)29)8-18(23(36)39)33-24-35-22-21(37(24)2)17(10-30)19(11-32-22)42-15-4-6-31-20(9-15)34-25(40)38-7-5-16(13-38)41-3/h4,6,8-9,11-12,16H,5,7,13H2,1-3H3,(H,31,34,40)(H,32,33,35). The Balaban J connectivity index is 1.41. The van der Waals surface area contributed by atoms with E-state index in [0.29, 0.717) is 25.4 Å². The van der Waals surface area contributed by atoms with Gasteiger partial charge >= 0.3 is 12.2 Å². The minimum absolute atomic E-state index is 0.0193. The number of amides is 2. The molecule has 16 heteroatoms. The van der Waals surface area contributed by atoms with Crippen LogP contribution in [0.15, 0.2) is 41.6 Å². The number of ether oxygens (including phenoxy) is 2. The molecule has 1 aliphatic rings. The van der Waals surface area contributed by atoms with E-state index in [9.17, 15) is 28.0 Å². The van der Waals surface area contributed by atoms with Crippen molar-refractivity contribution in [3.8, 4) is 17.6 Å². The number of alkyl halides is 3. The summed E-state index contributed by atoms with van der Waals surface area (Å²) in [4.78, 5) is 39.4. The number of rotatable bonds is 6. The van der Waals surface area contributed by atoms with E-state index in [0.717, 1.165) is 11.0 Å². The van der Waals surface area contributed by atoms with Crippen molar-refractivity contribution in [3.63, 3.8) is 0 Å². The van der Waals surface area contributed by atoms with Crippen LogP contribution in [0.25, 0.3) is 11.2 Å².